The smallest absolute Gasteiger partial charge is 0.322 e. The van der Waals surface area contributed by atoms with Crippen molar-refractivity contribution in [3.63, 3.8) is 0 Å². The molecule has 1 aromatic rings. The van der Waals surface area contributed by atoms with Gasteiger partial charge < -0.3 is 20.5 Å². The highest BCUT2D eigenvalue weighted by molar-refractivity contribution is 5.91. The second-order valence-electron chi connectivity index (χ2n) is 5.79. The average Bonchev–Trinajstić information content (AvgIpc) is 2.55. The number of aliphatic carboxylic acids is 1. The van der Waals surface area contributed by atoms with Crippen LogP contribution in [0.25, 0.3) is 0 Å². The largest absolute Gasteiger partial charge is 0.480 e. The molecule has 2 amide bonds. The van der Waals surface area contributed by atoms with Crippen LogP contribution in [0, 0.1) is 0 Å². The van der Waals surface area contributed by atoms with Crippen molar-refractivity contribution in [2.45, 2.75) is 38.2 Å². The van der Waals surface area contributed by atoms with E-state index in [-0.39, 0.29) is 24.3 Å². The molecular weight excluding hydrogens is 312 g/mol. The Morgan fingerprint density at radius 2 is 1.88 bits per heavy atom. The molecule has 1 heterocycles. The Morgan fingerprint density at radius 3 is 2.50 bits per heavy atom. The minimum atomic E-state index is -1.08. The number of hydrogen-bond acceptors (Lipinski definition) is 4. The van der Waals surface area contributed by atoms with Crippen LogP contribution in [-0.2, 0) is 25.5 Å². The van der Waals surface area contributed by atoms with Crippen LogP contribution in [0.2, 0.25) is 0 Å². The summed E-state index contributed by atoms with van der Waals surface area (Å²) >= 11 is 0. The molecule has 0 aromatic heterocycles. The fraction of sp³-hybridized carbons (Fsp3) is 0.471. The van der Waals surface area contributed by atoms with Gasteiger partial charge in [-0.25, -0.2) is 0 Å². The van der Waals surface area contributed by atoms with Crippen molar-refractivity contribution in [2.24, 2.45) is 0 Å². The lowest BCUT2D eigenvalue weighted by Gasteiger charge is -2.21. The molecule has 0 saturated carbocycles. The number of ether oxygens (including phenoxy) is 1. The minimum absolute atomic E-state index is 0.00375. The van der Waals surface area contributed by atoms with Gasteiger partial charge in [-0.05, 0) is 37.0 Å². The number of hydrogen-bond donors (Lipinski definition) is 3. The van der Waals surface area contributed by atoms with E-state index in [1.54, 1.807) is 24.3 Å². The number of amides is 2. The second-order valence-corrected chi connectivity index (χ2v) is 5.79. The second kappa shape index (κ2) is 9.02. The molecule has 1 fully saturated rings. The number of rotatable bonds is 7. The zero-order valence-corrected chi connectivity index (χ0v) is 13.4. The van der Waals surface area contributed by atoms with Crippen LogP contribution in [0.3, 0.4) is 0 Å². The zero-order valence-electron chi connectivity index (χ0n) is 13.4. The molecule has 0 aliphatic carbocycles. The van der Waals surface area contributed by atoms with Crippen molar-refractivity contribution < 1.29 is 24.2 Å². The molecule has 2 rings (SSSR count). The first kappa shape index (κ1) is 17.9. The van der Waals surface area contributed by atoms with E-state index in [4.69, 9.17) is 9.84 Å². The lowest BCUT2D eigenvalue weighted by molar-refractivity contribution is -0.137. The maximum atomic E-state index is 12.0. The highest BCUT2D eigenvalue weighted by Crippen LogP contribution is 2.17. The molecule has 7 heteroatoms. The van der Waals surface area contributed by atoms with Gasteiger partial charge in [0.25, 0.3) is 0 Å². The van der Waals surface area contributed by atoms with Gasteiger partial charge in [0.1, 0.15) is 6.54 Å². The predicted molar refractivity (Wildman–Crippen MR) is 87.6 cm³/mol. The average molecular weight is 334 g/mol. The predicted octanol–water partition coefficient (Wildman–Crippen LogP) is 1.33. The third-order valence-corrected chi connectivity index (χ3v) is 3.73. The summed E-state index contributed by atoms with van der Waals surface area (Å²) in [5, 5.41) is 13.6. The van der Waals surface area contributed by atoms with Crippen LogP contribution in [0.4, 0.5) is 5.69 Å². The Kier molecular flexibility index (Phi) is 6.74. The van der Waals surface area contributed by atoms with Gasteiger partial charge in [0, 0.05) is 12.3 Å². The first-order valence-electron chi connectivity index (χ1n) is 8.02. The Morgan fingerprint density at radius 1 is 1.12 bits per heavy atom. The van der Waals surface area contributed by atoms with Gasteiger partial charge in [-0.3, -0.25) is 14.4 Å². The maximum absolute atomic E-state index is 12.0. The van der Waals surface area contributed by atoms with Gasteiger partial charge in [0.15, 0.2) is 0 Å². The summed E-state index contributed by atoms with van der Waals surface area (Å²) in [4.78, 5) is 33.9. The van der Waals surface area contributed by atoms with Gasteiger partial charge in [-0.15, -0.1) is 0 Å². The zero-order chi connectivity index (χ0) is 17.4. The third kappa shape index (κ3) is 6.37. The van der Waals surface area contributed by atoms with Gasteiger partial charge in [-0.1, -0.05) is 12.1 Å². The SMILES string of the molecule is O=C(O)CNC(=O)Cc1ccc(NC(=O)CC2CCCCO2)cc1. The summed E-state index contributed by atoms with van der Waals surface area (Å²) < 4.78 is 5.54. The number of carboxylic acids is 1. The van der Waals surface area contributed by atoms with Gasteiger partial charge >= 0.3 is 5.97 Å². The summed E-state index contributed by atoms with van der Waals surface area (Å²) in [6, 6.07) is 6.90. The number of benzene rings is 1. The molecule has 24 heavy (non-hydrogen) atoms. The molecule has 1 atom stereocenters. The lowest BCUT2D eigenvalue weighted by Crippen LogP contribution is -2.30. The third-order valence-electron chi connectivity index (χ3n) is 3.73. The molecule has 3 N–H and O–H groups in total. The number of carboxylic acid groups (broad SMARTS) is 1. The molecule has 1 saturated heterocycles. The van der Waals surface area contributed by atoms with Crippen molar-refractivity contribution in [2.75, 3.05) is 18.5 Å². The monoisotopic (exact) mass is 334 g/mol. The van der Waals surface area contributed by atoms with E-state index < -0.39 is 12.5 Å². The van der Waals surface area contributed by atoms with Crippen LogP contribution in [0.1, 0.15) is 31.2 Å². The van der Waals surface area contributed by atoms with Crippen molar-refractivity contribution in [3.8, 4) is 0 Å². The van der Waals surface area contributed by atoms with E-state index in [9.17, 15) is 14.4 Å². The molecule has 0 bridgehead atoms. The molecule has 1 aliphatic rings. The van der Waals surface area contributed by atoms with E-state index in [0.717, 1.165) is 31.4 Å². The Balaban J connectivity index is 1.77. The van der Waals surface area contributed by atoms with E-state index in [1.165, 1.54) is 0 Å². The lowest BCUT2D eigenvalue weighted by atomic mass is 10.1. The Bertz CT molecular complexity index is 579. The fourth-order valence-corrected chi connectivity index (χ4v) is 2.52. The van der Waals surface area contributed by atoms with E-state index >= 15 is 0 Å². The number of carbonyl (C=O) groups excluding carboxylic acids is 2. The van der Waals surface area contributed by atoms with Gasteiger partial charge in [0.05, 0.1) is 18.9 Å². The van der Waals surface area contributed by atoms with Crippen LogP contribution in [0.5, 0.6) is 0 Å². The van der Waals surface area contributed by atoms with E-state index in [2.05, 4.69) is 10.6 Å². The normalized spacial score (nSPS) is 17.1. The van der Waals surface area contributed by atoms with Crippen LogP contribution in [0.15, 0.2) is 24.3 Å². The van der Waals surface area contributed by atoms with Crippen molar-refractivity contribution in [3.05, 3.63) is 29.8 Å². The first-order chi connectivity index (χ1) is 11.5. The Hall–Kier alpha value is -2.41. The summed E-state index contributed by atoms with van der Waals surface area (Å²) in [5.74, 6) is -1.53. The van der Waals surface area contributed by atoms with Crippen molar-refractivity contribution in [1.82, 2.24) is 5.32 Å². The molecular formula is C17H22N2O5. The fourth-order valence-electron chi connectivity index (χ4n) is 2.52. The summed E-state index contributed by atoms with van der Waals surface area (Å²) in [7, 11) is 0. The summed E-state index contributed by atoms with van der Waals surface area (Å²) in [6.45, 7) is 0.326. The van der Waals surface area contributed by atoms with Crippen molar-refractivity contribution in [1.29, 1.82) is 0 Å². The molecule has 1 aromatic carbocycles. The molecule has 1 aliphatic heterocycles. The standard InChI is InChI=1S/C17H22N2O5/c20-15(18-11-17(22)23)9-12-4-6-13(7-5-12)19-16(21)10-14-3-1-2-8-24-14/h4-7,14H,1-3,8-11H2,(H,18,20)(H,19,21)(H,22,23). The van der Waals surface area contributed by atoms with Crippen LogP contribution < -0.4 is 10.6 Å². The Labute approximate surface area is 140 Å². The molecule has 130 valence electrons. The highest BCUT2D eigenvalue weighted by atomic mass is 16.5. The molecule has 7 nitrogen and oxygen atoms in total. The quantitative estimate of drug-likeness (QED) is 0.698. The molecule has 0 spiro atoms. The molecule has 1 unspecified atom stereocenters. The number of nitrogens with one attached hydrogen (secondary N) is 2. The van der Waals surface area contributed by atoms with Crippen molar-refractivity contribution >= 4 is 23.5 Å². The minimum Gasteiger partial charge on any atom is -0.480 e. The van der Waals surface area contributed by atoms with E-state index in [0.29, 0.717) is 12.1 Å². The maximum Gasteiger partial charge on any atom is 0.322 e. The summed E-state index contributed by atoms with van der Waals surface area (Å²) in [6.07, 6.45) is 3.50. The summed E-state index contributed by atoms with van der Waals surface area (Å²) in [5.41, 5.74) is 1.40. The number of anilines is 1. The van der Waals surface area contributed by atoms with Crippen LogP contribution >= 0.6 is 0 Å². The first-order valence-corrected chi connectivity index (χ1v) is 8.02. The topological polar surface area (TPSA) is 105 Å². The van der Waals surface area contributed by atoms with Crippen LogP contribution in [-0.4, -0.2) is 42.1 Å². The molecule has 0 radical (unpaired) electrons. The van der Waals surface area contributed by atoms with Gasteiger partial charge in [-0.2, -0.15) is 0 Å². The number of carbonyl (C=O) groups is 3. The van der Waals surface area contributed by atoms with Gasteiger partial charge in [0.2, 0.25) is 11.8 Å². The van der Waals surface area contributed by atoms with E-state index in [1.807, 2.05) is 0 Å². The highest BCUT2D eigenvalue weighted by Gasteiger charge is 2.17.